The Morgan fingerprint density at radius 1 is 1.53 bits per heavy atom. The molecule has 1 saturated heterocycles. The Bertz CT molecular complexity index is 444. The predicted molar refractivity (Wildman–Crippen MR) is 69.3 cm³/mol. The van der Waals surface area contributed by atoms with Gasteiger partial charge in [-0.2, -0.15) is 0 Å². The topological polar surface area (TPSA) is 61.6 Å². The van der Waals surface area contributed by atoms with Crippen LogP contribution in [0.4, 0.5) is 10.1 Å². The van der Waals surface area contributed by atoms with Crippen LogP contribution in [-0.4, -0.2) is 25.3 Å². The summed E-state index contributed by atoms with van der Waals surface area (Å²) < 4.78 is 23.6. The molecule has 1 heterocycles. The summed E-state index contributed by atoms with van der Waals surface area (Å²) in [7, 11) is 0. The minimum atomic E-state index is -0.579. The maximum absolute atomic E-state index is 13.0. The molecule has 1 fully saturated rings. The van der Waals surface area contributed by atoms with E-state index in [1.165, 1.54) is 12.1 Å². The smallest absolute Gasteiger partial charge is 0.340 e. The largest absolute Gasteiger partial charge is 0.462 e. The number of carbonyl (C=O) groups excluding carboxylic acids is 1. The average Bonchev–Trinajstić information content (AvgIpc) is 2.90. The minimum absolute atomic E-state index is 0.0807. The monoisotopic (exact) mass is 267 g/mol. The van der Waals surface area contributed by atoms with Crippen LogP contribution in [0, 0.1) is 5.82 Å². The van der Waals surface area contributed by atoms with Crippen molar-refractivity contribution in [2.75, 3.05) is 18.9 Å². The van der Waals surface area contributed by atoms with Crippen LogP contribution in [0.5, 0.6) is 0 Å². The zero-order valence-corrected chi connectivity index (χ0v) is 10.7. The first-order valence-electron chi connectivity index (χ1n) is 6.50. The zero-order valence-electron chi connectivity index (χ0n) is 10.7. The van der Waals surface area contributed by atoms with Crippen LogP contribution in [0.1, 0.15) is 36.0 Å². The molecule has 1 aromatic carbocycles. The molecule has 0 spiro atoms. The number of nitrogens with two attached hydrogens (primary N) is 1. The van der Waals surface area contributed by atoms with Gasteiger partial charge in [-0.15, -0.1) is 0 Å². The Kier molecular flexibility index (Phi) is 4.74. The van der Waals surface area contributed by atoms with Crippen LogP contribution in [-0.2, 0) is 9.47 Å². The lowest BCUT2D eigenvalue weighted by molar-refractivity contribution is 0.0462. The van der Waals surface area contributed by atoms with E-state index in [0.717, 1.165) is 38.4 Å². The molecule has 2 rings (SSSR count). The summed E-state index contributed by atoms with van der Waals surface area (Å²) in [5.41, 5.74) is 5.91. The van der Waals surface area contributed by atoms with Gasteiger partial charge < -0.3 is 15.2 Å². The van der Waals surface area contributed by atoms with Crippen molar-refractivity contribution in [3.63, 3.8) is 0 Å². The van der Waals surface area contributed by atoms with Crippen LogP contribution < -0.4 is 5.73 Å². The fourth-order valence-electron chi connectivity index (χ4n) is 2.13. The highest BCUT2D eigenvalue weighted by atomic mass is 19.1. The van der Waals surface area contributed by atoms with Gasteiger partial charge in [0.1, 0.15) is 5.82 Å². The summed E-state index contributed by atoms with van der Waals surface area (Å²) in [6.07, 6.45) is 4.09. The average molecular weight is 267 g/mol. The third-order valence-corrected chi connectivity index (χ3v) is 3.16. The second kappa shape index (κ2) is 6.52. The first-order chi connectivity index (χ1) is 9.16. The van der Waals surface area contributed by atoms with Gasteiger partial charge in [0, 0.05) is 12.3 Å². The molecule has 2 N–H and O–H groups in total. The normalized spacial score (nSPS) is 18.5. The van der Waals surface area contributed by atoms with E-state index in [1.54, 1.807) is 0 Å². The van der Waals surface area contributed by atoms with Crippen molar-refractivity contribution in [2.24, 2.45) is 0 Å². The molecular weight excluding hydrogens is 249 g/mol. The van der Waals surface area contributed by atoms with Crippen molar-refractivity contribution in [3.8, 4) is 0 Å². The van der Waals surface area contributed by atoms with Gasteiger partial charge in [-0.3, -0.25) is 0 Å². The molecule has 0 aliphatic carbocycles. The molecule has 19 heavy (non-hydrogen) atoms. The molecule has 1 aliphatic heterocycles. The lowest BCUT2D eigenvalue weighted by atomic mass is 10.1. The lowest BCUT2D eigenvalue weighted by Gasteiger charge is -2.10. The molecule has 1 atom stereocenters. The Morgan fingerprint density at radius 3 is 3.11 bits per heavy atom. The quantitative estimate of drug-likeness (QED) is 0.506. The highest BCUT2D eigenvalue weighted by Crippen LogP contribution is 2.18. The van der Waals surface area contributed by atoms with E-state index in [-0.39, 0.29) is 17.4 Å². The van der Waals surface area contributed by atoms with Crippen molar-refractivity contribution >= 4 is 11.7 Å². The summed E-state index contributed by atoms with van der Waals surface area (Å²) in [5, 5.41) is 0. The Hall–Kier alpha value is -1.62. The number of rotatable bonds is 5. The van der Waals surface area contributed by atoms with Crippen LogP contribution in [0.15, 0.2) is 18.2 Å². The maximum atomic E-state index is 13.0. The maximum Gasteiger partial charge on any atom is 0.340 e. The summed E-state index contributed by atoms with van der Waals surface area (Å²) >= 11 is 0. The fraction of sp³-hybridized carbons (Fsp3) is 0.500. The summed E-state index contributed by atoms with van der Waals surface area (Å²) in [6, 6.07) is 3.67. The van der Waals surface area contributed by atoms with Crippen molar-refractivity contribution in [2.45, 2.75) is 31.8 Å². The van der Waals surface area contributed by atoms with Crippen molar-refractivity contribution < 1.29 is 18.7 Å². The molecule has 0 bridgehead atoms. The summed E-state index contributed by atoms with van der Waals surface area (Å²) in [6.45, 7) is 1.12. The second-order valence-corrected chi connectivity index (χ2v) is 4.64. The third-order valence-electron chi connectivity index (χ3n) is 3.16. The second-order valence-electron chi connectivity index (χ2n) is 4.64. The lowest BCUT2D eigenvalue weighted by Crippen LogP contribution is -2.11. The van der Waals surface area contributed by atoms with E-state index in [0.29, 0.717) is 6.61 Å². The van der Waals surface area contributed by atoms with Gasteiger partial charge in [-0.05, 0) is 43.9 Å². The van der Waals surface area contributed by atoms with Gasteiger partial charge in [0.25, 0.3) is 0 Å². The minimum Gasteiger partial charge on any atom is -0.462 e. The van der Waals surface area contributed by atoms with Gasteiger partial charge in [-0.25, -0.2) is 9.18 Å². The number of halogens is 1. The number of hydrogen-bond acceptors (Lipinski definition) is 4. The van der Waals surface area contributed by atoms with Crippen LogP contribution in [0.3, 0.4) is 0 Å². The number of hydrogen-bond donors (Lipinski definition) is 1. The highest BCUT2D eigenvalue weighted by Gasteiger charge is 2.16. The molecule has 0 radical (unpaired) electrons. The predicted octanol–water partition coefficient (Wildman–Crippen LogP) is 2.52. The fourth-order valence-corrected chi connectivity index (χ4v) is 2.13. The van der Waals surface area contributed by atoms with Crippen LogP contribution in [0.2, 0.25) is 0 Å². The first kappa shape index (κ1) is 13.8. The highest BCUT2D eigenvalue weighted by molar-refractivity contribution is 5.95. The third kappa shape index (κ3) is 3.92. The van der Waals surface area contributed by atoms with Gasteiger partial charge in [0.05, 0.1) is 18.3 Å². The Balaban J connectivity index is 1.75. The van der Waals surface area contributed by atoms with E-state index < -0.39 is 11.8 Å². The molecule has 5 heteroatoms. The summed E-state index contributed by atoms with van der Waals surface area (Å²) in [4.78, 5) is 11.7. The standard InChI is InChI=1S/C14H18FNO3/c15-10-5-6-13(16)12(9-10)14(17)19-8-2-4-11-3-1-7-18-11/h5-6,9,11H,1-4,7-8,16H2. The number of benzene rings is 1. The first-order valence-corrected chi connectivity index (χ1v) is 6.50. The van der Waals surface area contributed by atoms with E-state index in [4.69, 9.17) is 15.2 Å². The van der Waals surface area contributed by atoms with Crippen molar-refractivity contribution in [3.05, 3.63) is 29.6 Å². The summed E-state index contributed by atoms with van der Waals surface area (Å²) in [5.74, 6) is -1.08. The number of nitrogen functional groups attached to an aromatic ring is 1. The number of esters is 1. The van der Waals surface area contributed by atoms with E-state index >= 15 is 0 Å². The van der Waals surface area contributed by atoms with E-state index in [1.807, 2.05) is 0 Å². The molecular formula is C14H18FNO3. The molecule has 1 aromatic rings. The van der Waals surface area contributed by atoms with E-state index in [9.17, 15) is 9.18 Å². The van der Waals surface area contributed by atoms with Crippen LogP contribution in [0.25, 0.3) is 0 Å². The molecule has 1 aliphatic rings. The number of anilines is 1. The van der Waals surface area contributed by atoms with Crippen molar-refractivity contribution in [1.29, 1.82) is 0 Å². The van der Waals surface area contributed by atoms with Crippen molar-refractivity contribution in [1.82, 2.24) is 0 Å². The molecule has 4 nitrogen and oxygen atoms in total. The molecule has 1 unspecified atom stereocenters. The Labute approximate surface area is 111 Å². The van der Waals surface area contributed by atoms with Gasteiger partial charge >= 0.3 is 5.97 Å². The SMILES string of the molecule is Nc1ccc(F)cc1C(=O)OCCCC1CCCO1. The van der Waals surface area contributed by atoms with Crippen LogP contribution >= 0.6 is 0 Å². The van der Waals surface area contributed by atoms with Gasteiger partial charge in [0.15, 0.2) is 0 Å². The van der Waals surface area contributed by atoms with Gasteiger partial charge in [0.2, 0.25) is 0 Å². The number of carbonyl (C=O) groups is 1. The van der Waals surface area contributed by atoms with E-state index in [2.05, 4.69) is 0 Å². The number of ether oxygens (including phenoxy) is 2. The molecule has 0 aromatic heterocycles. The molecule has 104 valence electrons. The van der Waals surface area contributed by atoms with Gasteiger partial charge in [-0.1, -0.05) is 0 Å². The zero-order chi connectivity index (χ0) is 13.7. The molecule has 0 amide bonds. The Morgan fingerprint density at radius 2 is 2.37 bits per heavy atom. The molecule has 0 saturated carbocycles.